The molecule has 1 heterocycles. The molecule has 0 aliphatic carbocycles. The molecule has 3 nitrogen and oxygen atoms in total. The van der Waals surface area contributed by atoms with E-state index in [4.69, 9.17) is 0 Å². The molecule has 19 heavy (non-hydrogen) atoms. The average molecular weight is 270 g/mol. The number of aliphatic hydroxyl groups is 1. The van der Waals surface area contributed by atoms with E-state index in [0.717, 1.165) is 18.8 Å². The number of hydrogen-bond acceptors (Lipinski definition) is 3. The van der Waals surface area contributed by atoms with Gasteiger partial charge in [-0.15, -0.1) is 0 Å². The summed E-state index contributed by atoms with van der Waals surface area (Å²) in [4.78, 5) is 2.63. The van der Waals surface area contributed by atoms with Crippen molar-refractivity contribution in [1.29, 1.82) is 0 Å². The van der Waals surface area contributed by atoms with E-state index < -0.39 is 0 Å². The topological polar surface area (TPSA) is 35.5 Å². The molecule has 0 bridgehead atoms. The summed E-state index contributed by atoms with van der Waals surface area (Å²) in [6.45, 7) is 13.8. The van der Waals surface area contributed by atoms with Crippen molar-refractivity contribution in [2.45, 2.75) is 77.9 Å². The van der Waals surface area contributed by atoms with Crippen LogP contribution in [-0.4, -0.2) is 47.3 Å². The van der Waals surface area contributed by atoms with E-state index in [9.17, 15) is 5.11 Å². The Kier molecular flexibility index (Phi) is 6.78. The smallest absolute Gasteiger partial charge is 0.0610 e. The van der Waals surface area contributed by atoms with E-state index in [2.05, 4.69) is 44.8 Å². The van der Waals surface area contributed by atoms with Crippen LogP contribution in [0.5, 0.6) is 0 Å². The lowest BCUT2D eigenvalue weighted by atomic mass is 9.91. The Morgan fingerprint density at radius 1 is 1.37 bits per heavy atom. The van der Waals surface area contributed by atoms with E-state index in [1.165, 1.54) is 25.9 Å². The highest BCUT2D eigenvalue weighted by atomic mass is 16.3. The zero-order chi connectivity index (χ0) is 14.5. The molecule has 0 aromatic rings. The molecule has 3 unspecified atom stereocenters. The third-order valence-corrected chi connectivity index (χ3v) is 4.66. The maximum atomic E-state index is 9.59. The van der Waals surface area contributed by atoms with Crippen LogP contribution in [0.3, 0.4) is 0 Å². The zero-order valence-corrected chi connectivity index (χ0v) is 13.6. The lowest BCUT2D eigenvalue weighted by Crippen LogP contribution is -2.50. The van der Waals surface area contributed by atoms with Crippen LogP contribution in [0.2, 0.25) is 0 Å². The van der Waals surface area contributed by atoms with Gasteiger partial charge in [0.25, 0.3) is 0 Å². The molecule has 0 saturated carbocycles. The monoisotopic (exact) mass is 270 g/mol. The maximum Gasteiger partial charge on any atom is 0.0610 e. The van der Waals surface area contributed by atoms with Gasteiger partial charge in [-0.3, -0.25) is 0 Å². The summed E-state index contributed by atoms with van der Waals surface area (Å²) in [6.07, 6.45) is 4.92. The van der Waals surface area contributed by atoms with E-state index in [1.807, 2.05) is 0 Å². The van der Waals surface area contributed by atoms with Crippen LogP contribution in [0.4, 0.5) is 0 Å². The molecule has 0 radical (unpaired) electrons. The predicted molar refractivity (Wildman–Crippen MR) is 82.4 cm³/mol. The van der Waals surface area contributed by atoms with Crippen molar-refractivity contribution >= 4 is 0 Å². The minimum atomic E-state index is -0.126. The minimum absolute atomic E-state index is 0.126. The normalized spacial score (nSPS) is 28.6. The van der Waals surface area contributed by atoms with Crippen molar-refractivity contribution in [3.63, 3.8) is 0 Å². The van der Waals surface area contributed by atoms with Gasteiger partial charge in [0.1, 0.15) is 0 Å². The third kappa shape index (κ3) is 5.41. The quantitative estimate of drug-likeness (QED) is 0.746. The predicted octanol–water partition coefficient (Wildman–Crippen LogP) is 2.64. The summed E-state index contributed by atoms with van der Waals surface area (Å²) in [5, 5.41) is 13.1. The molecule has 114 valence electrons. The highest BCUT2D eigenvalue weighted by Crippen LogP contribution is 2.23. The van der Waals surface area contributed by atoms with Gasteiger partial charge in [-0.25, -0.2) is 0 Å². The molecule has 1 rings (SSSR count). The van der Waals surface area contributed by atoms with Crippen molar-refractivity contribution in [1.82, 2.24) is 10.2 Å². The molecule has 0 aromatic carbocycles. The third-order valence-electron chi connectivity index (χ3n) is 4.66. The molecule has 0 aromatic heterocycles. The zero-order valence-electron chi connectivity index (χ0n) is 13.6. The van der Waals surface area contributed by atoms with Crippen molar-refractivity contribution in [2.75, 3.05) is 19.7 Å². The molecular formula is C16H34N2O. The van der Waals surface area contributed by atoms with Crippen LogP contribution < -0.4 is 5.32 Å². The van der Waals surface area contributed by atoms with Gasteiger partial charge < -0.3 is 15.3 Å². The van der Waals surface area contributed by atoms with Crippen LogP contribution >= 0.6 is 0 Å². The molecular weight excluding hydrogens is 236 g/mol. The number of piperidine rings is 1. The second-order valence-electron chi connectivity index (χ2n) is 7.02. The first kappa shape index (κ1) is 16.9. The molecule has 3 heteroatoms. The molecule has 3 atom stereocenters. The fraction of sp³-hybridized carbons (Fsp3) is 1.00. The highest BCUT2D eigenvalue weighted by molar-refractivity contribution is 4.85. The molecule has 1 saturated heterocycles. The van der Waals surface area contributed by atoms with Crippen molar-refractivity contribution < 1.29 is 5.11 Å². The first-order valence-electron chi connectivity index (χ1n) is 8.00. The van der Waals surface area contributed by atoms with Crippen molar-refractivity contribution in [3.8, 4) is 0 Å². The minimum Gasteiger partial charge on any atom is -0.394 e. The van der Waals surface area contributed by atoms with Gasteiger partial charge in [0, 0.05) is 17.6 Å². The Labute approximate surface area is 119 Å². The average Bonchev–Trinajstić information content (AvgIpc) is 2.33. The van der Waals surface area contributed by atoms with Gasteiger partial charge in [0.2, 0.25) is 0 Å². The standard InChI is InChI=1S/C16H34N2O/c1-13(2)17-16(5,12-19)9-7-11-18-10-6-8-14(3)15(18)4/h13-15,17,19H,6-12H2,1-5H3. The van der Waals surface area contributed by atoms with Gasteiger partial charge in [0.15, 0.2) is 0 Å². The number of likely N-dealkylation sites (tertiary alicyclic amines) is 1. The van der Waals surface area contributed by atoms with E-state index in [1.54, 1.807) is 0 Å². The summed E-state index contributed by atoms with van der Waals surface area (Å²) in [5.41, 5.74) is -0.126. The van der Waals surface area contributed by atoms with Crippen LogP contribution in [-0.2, 0) is 0 Å². The van der Waals surface area contributed by atoms with Gasteiger partial charge in [-0.2, -0.15) is 0 Å². The Hall–Kier alpha value is -0.120. The second-order valence-corrected chi connectivity index (χ2v) is 7.02. The Morgan fingerprint density at radius 3 is 2.63 bits per heavy atom. The Morgan fingerprint density at radius 2 is 2.05 bits per heavy atom. The van der Waals surface area contributed by atoms with Gasteiger partial charge in [0.05, 0.1) is 6.61 Å². The summed E-state index contributed by atoms with van der Waals surface area (Å²) in [6, 6.07) is 1.14. The molecule has 1 fully saturated rings. The first-order chi connectivity index (χ1) is 8.88. The molecule has 1 aliphatic rings. The van der Waals surface area contributed by atoms with E-state index in [0.29, 0.717) is 12.1 Å². The molecule has 0 amide bonds. The van der Waals surface area contributed by atoms with Gasteiger partial charge >= 0.3 is 0 Å². The van der Waals surface area contributed by atoms with Crippen LogP contribution in [0.1, 0.15) is 60.3 Å². The van der Waals surface area contributed by atoms with Crippen molar-refractivity contribution in [3.05, 3.63) is 0 Å². The fourth-order valence-electron chi connectivity index (χ4n) is 3.30. The van der Waals surface area contributed by atoms with Gasteiger partial charge in [-0.1, -0.05) is 20.8 Å². The lowest BCUT2D eigenvalue weighted by Gasteiger charge is -2.39. The summed E-state index contributed by atoms with van der Waals surface area (Å²) in [7, 11) is 0. The summed E-state index contributed by atoms with van der Waals surface area (Å²) >= 11 is 0. The number of hydrogen-bond donors (Lipinski definition) is 2. The van der Waals surface area contributed by atoms with E-state index >= 15 is 0 Å². The Bertz CT molecular complexity index is 257. The molecule has 1 aliphatic heterocycles. The molecule has 2 N–H and O–H groups in total. The summed E-state index contributed by atoms with van der Waals surface area (Å²) < 4.78 is 0. The number of rotatable bonds is 7. The lowest BCUT2D eigenvalue weighted by molar-refractivity contribution is 0.101. The summed E-state index contributed by atoms with van der Waals surface area (Å²) in [5.74, 6) is 0.826. The van der Waals surface area contributed by atoms with Crippen molar-refractivity contribution in [2.24, 2.45) is 5.92 Å². The highest BCUT2D eigenvalue weighted by Gasteiger charge is 2.26. The molecule has 0 spiro atoms. The fourth-order valence-corrected chi connectivity index (χ4v) is 3.30. The Balaban J connectivity index is 2.35. The number of aliphatic hydroxyl groups excluding tert-OH is 1. The SMILES string of the molecule is CC(C)NC(C)(CO)CCCN1CCCC(C)C1C. The van der Waals surface area contributed by atoms with Crippen LogP contribution in [0, 0.1) is 5.92 Å². The van der Waals surface area contributed by atoms with Crippen LogP contribution in [0.25, 0.3) is 0 Å². The largest absolute Gasteiger partial charge is 0.394 e. The van der Waals surface area contributed by atoms with Crippen LogP contribution in [0.15, 0.2) is 0 Å². The maximum absolute atomic E-state index is 9.59. The second kappa shape index (κ2) is 7.61. The number of nitrogens with one attached hydrogen (secondary N) is 1. The number of nitrogens with zero attached hydrogens (tertiary/aromatic N) is 1. The van der Waals surface area contributed by atoms with E-state index in [-0.39, 0.29) is 12.1 Å². The van der Waals surface area contributed by atoms with Gasteiger partial charge in [-0.05, 0) is 58.5 Å². The first-order valence-corrected chi connectivity index (χ1v) is 8.00.